The number of ketones is 1. The number of rotatable bonds is 18. The van der Waals surface area contributed by atoms with Crippen LogP contribution in [0.15, 0.2) is 18.2 Å². The van der Waals surface area contributed by atoms with Crippen LogP contribution in [0.2, 0.25) is 5.02 Å². The van der Waals surface area contributed by atoms with E-state index in [1.165, 1.54) is 51.4 Å². The van der Waals surface area contributed by atoms with Crippen molar-refractivity contribution in [1.29, 1.82) is 0 Å². The van der Waals surface area contributed by atoms with Crippen molar-refractivity contribution >= 4 is 23.4 Å². The maximum absolute atomic E-state index is 12.7. The molecular formula is C26H38ClF3O5. The Bertz CT molecular complexity index is 770. The number of hydrogen-bond donors (Lipinski definition) is 2. The minimum Gasteiger partial charge on any atom is -0.423 e. The van der Waals surface area contributed by atoms with Crippen LogP contribution in [0.4, 0.5) is 13.2 Å². The van der Waals surface area contributed by atoms with E-state index in [1.54, 1.807) is 0 Å². The zero-order chi connectivity index (χ0) is 26.3. The molecule has 0 aliphatic rings. The van der Waals surface area contributed by atoms with E-state index in [4.69, 9.17) is 16.3 Å². The van der Waals surface area contributed by atoms with Gasteiger partial charge in [0.25, 0.3) is 5.78 Å². The van der Waals surface area contributed by atoms with Crippen LogP contribution in [-0.4, -0.2) is 40.3 Å². The molecule has 0 fully saturated rings. The first-order valence-corrected chi connectivity index (χ1v) is 12.9. The molecule has 0 aliphatic carbocycles. The number of aliphatic hydroxyl groups excluding tert-OH is 2. The number of alkyl halides is 3. The van der Waals surface area contributed by atoms with Gasteiger partial charge in [0.05, 0.1) is 11.1 Å². The van der Waals surface area contributed by atoms with Gasteiger partial charge in [-0.3, -0.25) is 4.79 Å². The van der Waals surface area contributed by atoms with E-state index >= 15 is 0 Å². The van der Waals surface area contributed by atoms with Gasteiger partial charge < -0.3 is 14.9 Å². The standard InChI is InChI=1S/C26H38ClF3O5/c1-2-3-4-5-6-7-8-9-10-11-12-13-15-19(31)18-21(32)25(34)35-22-17-14-16-20(23(22)27)24(33)26(28,29)30/h14,16-17,19,21,31-32H,2-13,15,18H2,1H3. The zero-order valence-electron chi connectivity index (χ0n) is 20.4. The molecule has 5 nitrogen and oxygen atoms in total. The summed E-state index contributed by atoms with van der Waals surface area (Å²) in [6.07, 6.45) is 6.61. The molecule has 0 amide bonds. The van der Waals surface area contributed by atoms with Crippen LogP contribution in [0.3, 0.4) is 0 Å². The second-order valence-corrected chi connectivity index (χ2v) is 9.33. The van der Waals surface area contributed by atoms with Crippen molar-refractivity contribution in [3.8, 4) is 5.75 Å². The lowest BCUT2D eigenvalue weighted by Gasteiger charge is -2.16. The molecule has 200 valence electrons. The summed E-state index contributed by atoms with van der Waals surface area (Å²) in [7, 11) is 0. The molecule has 2 unspecified atom stereocenters. The fourth-order valence-electron chi connectivity index (χ4n) is 3.79. The average molecular weight is 523 g/mol. The van der Waals surface area contributed by atoms with E-state index in [0.29, 0.717) is 6.42 Å². The molecule has 0 aliphatic heterocycles. The number of Topliss-reactive ketones (excluding diaryl/α,β-unsaturated/α-hetero) is 1. The Labute approximate surface area is 211 Å². The Hall–Kier alpha value is -1.64. The highest BCUT2D eigenvalue weighted by molar-refractivity contribution is 6.35. The lowest BCUT2D eigenvalue weighted by molar-refractivity contribution is -0.145. The highest BCUT2D eigenvalue weighted by atomic mass is 35.5. The number of esters is 1. The summed E-state index contributed by atoms with van der Waals surface area (Å²) in [5, 5.41) is 19.4. The summed E-state index contributed by atoms with van der Waals surface area (Å²) in [5.41, 5.74) is -0.856. The predicted octanol–water partition coefficient (Wildman–Crippen LogP) is 7.19. The second-order valence-electron chi connectivity index (χ2n) is 8.95. The summed E-state index contributed by atoms with van der Waals surface area (Å²) >= 11 is 5.80. The van der Waals surface area contributed by atoms with Gasteiger partial charge in [-0.2, -0.15) is 13.2 Å². The number of carbonyl (C=O) groups is 2. The Morgan fingerprint density at radius 1 is 0.914 bits per heavy atom. The van der Waals surface area contributed by atoms with Crippen LogP contribution in [0.5, 0.6) is 5.75 Å². The van der Waals surface area contributed by atoms with E-state index in [2.05, 4.69) is 6.92 Å². The Morgan fingerprint density at radius 2 is 1.43 bits per heavy atom. The normalized spacial score (nSPS) is 13.5. The number of halogens is 4. The van der Waals surface area contributed by atoms with Crippen LogP contribution >= 0.6 is 11.6 Å². The Morgan fingerprint density at radius 3 is 1.94 bits per heavy atom. The maximum Gasteiger partial charge on any atom is 0.454 e. The van der Waals surface area contributed by atoms with Crippen LogP contribution < -0.4 is 4.74 Å². The summed E-state index contributed by atoms with van der Waals surface area (Å²) < 4.78 is 42.9. The van der Waals surface area contributed by atoms with Crippen molar-refractivity contribution in [3.05, 3.63) is 28.8 Å². The van der Waals surface area contributed by atoms with Crippen LogP contribution in [0.25, 0.3) is 0 Å². The summed E-state index contributed by atoms with van der Waals surface area (Å²) in [6, 6.07) is 3.07. The van der Waals surface area contributed by atoms with Gasteiger partial charge in [0.2, 0.25) is 0 Å². The number of aliphatic hydroxyl groups is 2. The van der Waals surface area contributed by atoms with Gasteiger partial charge in [-0.25, -0.2) is 4.79 Å². The molecule has 0 bridgehead atoms. The first kappa shape index (κ1) is 31.4. The highest BCUT2D eigenvalue weighted by Gasteiger charge is 2.41. The SMILES string of the molecule is CCCCCCCCCCCCCCC(O)CC(O)C(=O)Oc1cccc(C(=O)C(F)(F)F)c1Cl. The molecule has 0 radical (unpaired) electrons. The average Bonchev–Trinajstić information content (AvgIpc) is 2.80. The Balaban J connectivity index is 2.27. The van der Waals surface area contributed by atoms with Crippen molar-refractivity contribution < 1.29 is 37.7 Å². The quantitative estimate of drug-likeness (QED) is 0.0922. The van der Waals surface area contributed by atoms with E-state index in [0.717, 1.165) is 43.9 Å². The lowest BCUT2D eigenvalue weighted by atomic mass is 10.0. The number of hydrogen-bond acceptors (Lipinski definition) is 5. The second kappa shape index (κ2) is 16.9. The molecule has 1 aromatic carbocycles. The van der Waals surface area contributed by atoms with E-state index in [9.17, 15) is 33.0 Å². The first-order chi connectivity index (χ1) is 16.6. The van der Waals surface area contributed by atoms with E-state index < -0.39 is 46.5 Å². The molecule has 2 N–H and O–H groups in total. The molecule has 2 atom stereocenters. The fourth-order valence-corrected chi connectivity index (χ4v) is 4.04. The van der Waals surface area contributed by atoms with Crippen molar-refractivity contribution in [2.24, 2.45) is 0 Å². The van der Waals surface area contributed by atoms with Gasteiger partial charge in [-0.15, -0.1) is 0 Å². The lowest BCUT2D eigenvalue weighted by Crippen LogP contribution is -2.30. The molecule has 0 spiro atoms. The van der Waals surface area contributed by atoms with Gasteiger partial charge in [-0.05, 0) is 18.6 Å². The minimum absolute atomic E-state index is 0.268. The summed E-state index contributed by atoms with van der Waals surface area (Å²) in [6.45, 7) is 2.21. The highest BCUT2D eigenvalue weighted by Crippen LogP contribution is 2.33. The number of unbranched alkanes of at least 4 members (excludes halogenated alkanes) is 11. The molecule has 0 saturated heterocycles. The van der Waals surface area contributed by atoms with Crippen molar-refractivity contribution in [1.82, 2.24) is 0 Å². The van der Waals surface area contributed by atoms with E-state index in [-0.39, 0.29) is 6.42 Å². The largest absolute Gasteiger partial charge is 0.454 e. The molecular weight excluding hydrogens is 485 g/mol. The van der Waals surface area contributed by atoms with Gasteiger partial charge >= 0.3 is 12.1 Å². The third-order valence-corrected chi connectivity index (χ3v) is 6.22. The van der Waals surface area contributed by atoms with Crippen LogP contribution in [0.1, 0.15) is 107 Å². The van der Waals surface area contributed by atoms with Gasteiger partial charge in [0.15, 0.2) is 6.10 Å². The number of benzene rings is 1. The molecule has 0 aromatic heterocycles. The summed E-state index contributed by atoms with van der Waals surface area (Å²) in [4.78, 5) is 23.5. The molecule has 1 aromatic rings. The fraction of sp³-hybridized carbons (Fsp3) is 0.692. The number of carbonyl (C=O) groups excluding carboxylic acids is 2. The van der Waals surface area contributed by atoms with Crippen molar-refractivity contribution in [2.45, 2.75) is 115 Å². The van der Waals surface area contributed by atoms with Gasteiger partial charge in [0.1, 0.15) is 5.75 Å². The molecule has 0 saturated carbocycles. The van der Waals surface area contributed by atoms with E-state index in [1.807, 2.05) is 0 Å². The van der Waals surface area contributed by atoms with Gasteiger partial charge in [0, 0.05) is 12.0 Å². The number of ether oxygens (including phenoxy) is 1. The molecule has 1 rings (SSSR count). The van der Waals surface area contributed by atoms with Gasteiger partial charge in [-0.1, -0.05) is 102 Å². The third kappa shape index (κ3) is 12.8. The third-order valence-electron chi connectivity index (χ3n) is 5.83. The van der Waals surface area contributed by atoms with Crippen molar-refractivity contribution in [2.75, 3.05) is 0 Å². The predicted molar refractivity (Wildman–Crippen MR) is 130 cm³/mol. The molecule has 9 heteroatoms. The topological polar surface area (TPSA) is 83.8 Å². The molecule has 35 heavy (non-hydrogen) atoms. The van der Waals surface area contributed by atoms with Crippen LogP contribution in [-0.2, 0) is 4.79 Å². The first-order valence-electron chi connectivity index (χ1n) is 12.6. The Kier molecular flexibility index (Phi) is 15.2. The maximum atomic E-state index is 12.7. The summed E-state index contributed by atoms with van der Waals surface area (Å²) in [5.74, 6) is -3.81. The van der Waals surface area contributed by atoms with Crippen LogP contribution in [0, 0.1) is 0 Å². The van der Waals surface area contributed by atoms with Crippen molar-refractivity contribution in [3.63, 3.8) is 0 Å². The molecule has 0 heterocycles. The smallest absolute Gasteiger partial charge is 0.423 e. The monoisotopic (exact) mass is 522 g/mol. The zero-order valence-corrected chi connectivity index (χ0v) is 21.2. The minimum atomic E-state index is -5.14.